The zero-order valence-corrected chi connectivity index (χ0v) is 51.0. The molecule has 412 valence electrons. The van der Waals surface area contributed by atoms with Gasteiger partial charge in [-0.05, 0) is 131 Å². The molecule has 0 saturated heterocycles. The van der Waals surface area contributed by atoms with Crippen LogP contribution in [0.2, 0.25) is 0 Å². The van der Waals surface area contributed by atoms with Crippen molar-refractivity contribution >= 4 is 50.6 Å². The molecule has 1 aliphatic carbocycles. The van der Waals surface area contributed by atoms with E-state index in [1.54, 1.807) is 6.07 Å². The number of rotatable bonds is 9. The number of aryl methyl sites for hydroxylation is 1. The van der Waals surface area contributed by atoms with Crippen molar-refractivity contribution in [2.75, 3.05) is 0 Å². The van der Waals surface area contributed by atoms with E-state index < -0.39 is 17.7 Å². The van der Waals surface area contributed by atoms with Crippen LogP contribution in [0.5, 0.6) is 11.5 Å². The maximum Gasteiger partial charge on any atom is 2.00 e. The van der Waals surface area contributed by atoms with E-state index in [0.717, 1.165) is 79.6 Å². The number of para-hydroxylation sites is 3. The summed E-state index contributed by atoms with van der Waals surface area (Å²) in [5, 5.41) is 1.76. The van der Waals surface area contributed by atoms with Crippen molar-refractivity contribution in [3.8, 4) is 61.8 Å². The minimum absolute atomic E-state index is 0. The number of benzene rings is 9. The normalized spacial score (nSPS) is 15.6. The average Bonchev–Trinajstić information content (AvgIpc) is 1.68. The Bertz CT molecular complexity index is 4750. The molecule has 5 nitrogen and oxygen atoms in total. The zero-order valence-electron chi connectivity index (χ0n) is 54.7. The van der Waals surface area contributed by atoms with Crippen molar-refractivity contribution in [2.24, 2.45) is 0 Å². The molecule has 1 aliphatic heterocycles. The fourth-order valence-electron chi connectivity index (χ4n) is 12.2. The first-order valence-electron chi connectivity index (χ1n) is 31.5. The van der Waals surface area contributed by atoms with Crippen LogP contribution in [0.4, 0.5) is 22.7 Å². The van der Waals surface area contributed by atoms with Crippen molar-refractivity contribution < 1.29 is 34.0 Å². The van der Waals surface area contributed by atoms with Crippen LogP contribution in [0.15, 0.2) is 200 Å². The molecule has 9 aromatic carbocycles. The van der Waals surface area contributed by atoms with Crippen LogP contribution in [-0.2, 0) is 42.7 Å². The van der Waals surface area contributed by atoms with E-state index in [0.29, 0.717) is 39.6 Å². The van der Waals surface area contributed by atoms with Gasteiger partial charge < -0.3 is 9.30 Å². The molecule has 0 amide bonds. The number of nitrogens with zero attached hydrogens (tertiary/aromatic N) is 4. The summed E-state index contributed by atoms with van der Waals surface area (Å²) in [4.78, 5) is 5.05. The van der Waals surface area contributed by atoms with Crippen molar-refractivity contribution in [1.82, 2.24) is 18.7 Å². The quantitative estimate of drug-likeness (QED) is 0.107. The molecule has 0 spiro atoms. The summed E-state index contributed by atoms with van der Waals surface area (Å²) in [5.41, 5.74) is 14.3. The molecule has 0 bridgehead atoms. The van der Waals surface area contributed by atoms with Gasteiger partial charge in [0.25, 0.3) is 11.4 Å². The topological polar surface area (TPSA) is 33.1 Å². The number of hydrogen-bond donors (Lipinski definition) is 0. The van der Waals surface area contributed by atoms with E-state index in [-0.39, 0.29) is 66.7 Å². The molecule has 2 aromatic heterocycles. The average molecular weight is 1270 g/mol. The third-order valence-corrected chi connectivity index (χ3v) is 16.8. The first-order valence-corrected chi connectivity index (χ1v) is 28.5. The van der Waals surface area contributed by atoms with Gasteiger partial charge in [0.1, 0.15) is 11.5 Å². The molecule has 0 unspecified atom stereocenters. The van der Waals surface area contributed by atoms with E-state index in [1.165, 1.54) is 17.3 Å². The number of fused-ring (bicyclic) bond motifs is 5. The number of pyridine rings is 1. The van der Waals surface area contributed by atoms with Crippen LogP contribution in [0.3, 0.4) is 0 Å². The molecule has 0 N–H and O–H groups in total. The summed E-state index contributed by atoms with van der Waals surface area (Å²) in [5.74, 6) is 1.14. The monoisotopic (exact) mass is 1270 g/mol. The Kier molecular flexibility index (Phi) is 12.2. The van der Waals surface area contributed by atoms with E-state index in [1.807, 2.05) is 75.9 Å². The maximum atomic E-state index is 9.77. The van der Waals surface area contributed by atoms with Gasteiger partial charge in [-0.15, -0.1) is 23.6 Å². The van der Waals surface area contributed by atoms with Crippen LogP contribution < -0.4 is 13.9 Å². The van der Waals surface area contributed by atoms with E-state index in [2.05, 4.69) is 195 Å². The minimum Gasteiger partial charge on any atom is -0.509 e. The second-order valence-corrected chi connectivity index (χ2v) is 25.4. The van der Waals surface area contributed by atoms with Crippen molar-refractivity contribution in [3.05, 3.63) is 240 Å². The van der Waals surface area contributed by atoms with Crippen molar-refractivity contribution in [1.29, 1.82) is 0 Å². The van der Waals surface area contributed by atoms with Gasteiger partial charge in [0, 0.05) is 45.0 Å². The van der Waals surface area contributed by atoms with Crippen LogP contribution in [-0.4, -0.2) is 15.6 Å². The van der Waals surface area contributed by atoms with Crippen LogP contribution in [0.25, 0.3) is 72.1 Å². The zero-order chi connectivity index (χ0) is 62.0. The molecule has 11 aromatic rings. The predicted molar refractivity (Wildman–Crippen MR) is 343 cm³/mol. The first kappa shape index (κ1) is 48.3. The Balaban J connectivity index is 0.00000769. The van der Waals surface area contributed by atoms with Gasteiger partial charge in [0.2, 0.25) is 5.69 Å². The third kappa shape index (κ3) is 9.92. The molecule has 0 radical (unpaired) electrons. The third-order valence-electron chi connectivity index (χ3n) is 16.8. The summed E-state index contributed by atoms with van der Waals surface area (Å²) < 4.78 is 68.8. The van der Waals surface area contributed by atoms with Crippen LogP contribution >= 0.6 is 0 Å². The second-order valence-electron chi connectivity index (χ2n) is 25.4. The van der Waals surface area contributed by atoms with Gasteiger partial charge in [-0.2, -0.15) is 12.1 Å². The Morgan fingerprint density at radius 1 is 0.590 bits per heavy atom. The Morgan fingerprint density at radius 2 is 1.24 bits per heavy atom. The summed E-state index contributed by atoms with van der Waals surface area (Å²) in [6, 6.07) is 71.1. The van der Waals surface area contributed by atoms with Gasteiger partial charge in [0.05, 0.1) is 15.2 Å². The Labute approximate surface area is 513 Å². The molecule has 0 atom stereocenters. The summed E-state index contributed by atoms with van der Waals surface area (Å²) in [6.07, 6.45) is 3.07. The Morgan fingerprint density at radius 3 is 2.01 bits per heavy atom. The maximum absolute atomic E-state index is 9.77. The van der Waals surface area contributed by atoms with Gasteiger partial charge in [-0.3, -0.25) is 0 Å². The van der Waals surface area contributed by atoms with E-state index in [9.17, 15) is 4.11 Å². The molecular formula is C77H70N4OPt+2. The first-order chi connectivity index (χ1) is 41.8. The molecule has 0 saturated carbocycles. The van der Waals surface area contributed by atoms with Crippen molar-refractivity contribution in [2.45, 2.75) is 111 Å². The summed E-state index contributed by atoms with van der Waals surface area (Å²) in [7, 11) is 0. The van der Waals surface area contributed by atoms with Crippen LogP contribution in [0, 0.1) is 19.0 Å². The molecular weight excluding hydrogens is 1190 g/mol. The van der Waals surface area contributed by atoms with Gasteiger partial charge in [0.15, 0.2) is 0 Å². The van der Waals surface area contributed by atoms with Crippen LogP contribution in [0.1, 0.15) is 118 Å². The molecule has 2 aliphatic rings. The standard InChI is InChI=1S/C77H70N4O.Pt/c1-50-43-71(78-48-63(50)53-37-40-65-66(45-53)77(10,11)42-41-76(65,8)9)81-69-36-22-30-58(51-23-13-12-14-24-51)72(69)62-39-38-57(47-70(62)81)82-56-28-20-27-55(46-56)79-49-80(68-35-18-17-34-67(68)79)73-59(52-25-19-26-54(44-52)74(2,3)4)31-21-32-61(73)60-29-15-16-33-64(60)75(5,6)7;/h12-40,43-45,48H,41-42H2,1-11H3;/q;+2/i1D3,37D,40D,45D;. The van der Waals surface area contributed by atoms with E-state index >= 15 is 0 Å². The van der Waals surface area contributed by atoms with Gasteiger partial charge >= 0.3 is 27.1 Å². The van der Waals surface area contributed by atoms with Gasteiger partial charge in [-0.1, -0.05) is 219 Å². The summed E-state index contributed by atoms with van der Waals surface area (Å²) >= 11 is 0. The number of ether oxygens (including phenoxy) is 1. The molecule has 13 rings (SSSR count). The largest absolute Gasteiger partial charge is 2.00 e. The fraction of sp³-hybridized carbons (Fsp3) is 0.221. The molecule has 3 heterocycles. The molecule has 6 heteroatoms. The summed E-state index contributed by atoms with van der Waals surface area (Å²) in [6.45, 7) is 19.1. The Hall–Kier alpha value is -8.20. The smallest absolute Gasteiger partial charge is 0.509 e. The van der Waals surface area contributed by atoms with Gasteiger partial charge in [-0.25, -0.2) is 4.98 Å². The second kappa shape index (κ2) is 20.9. The molecule has 0 fully saturated rings. The minimum atomic E-state index is -2.70. The number of aromatic nitrogens is 2. The SMILES string of the molecule is [2H]c1c([2H])c2c(c([2H])c1-c1cnc(-n3c4[c-]c(Oc5[c-]c([N+]6=C=[N+](c7c(-c8cccc(C(C)(C)C)c8)cccc7-c7ccccc7C(C)(C)C)c7ccccc76)ccc5)ccc4c4c(-c5ccccc5)cccc43)cc1C([2H])([2H])[2H])C(C)(C)CCC2(C)C.[Pt+2]. The van der Waals surface area contributed by atoms with Crippen molar-refractivity contribution in [3.63, 3.8) is 0 Å². The predicted octanol–water partition coefficient (Wildman–Crippen LogP) is 20.3. The molecule has 83 heavy (non-hydrogen) atoms. The number of hydrogen-bond acceptors (Lipinski definition) is 2. The fourth-order valence-corrected chi connectivity index (χ4v) is 12.2. The van der Waals surface area contributed by atoms with E-state index in [4.69, 9.17) is 13.8 Å².